The van der Waals surface area contributed by atoms with Crippen molar-refractivity contribution >= 4 is 22.9 Å². The molecule has 12 heavy (non-hydrogen) atoms. The van der Waals surface area contributed by atoms with Crippen molar-refractivity contribution in [3.63, 3.8) is 0 Å². The molecule has 0 spiro atoms. The van der Waals surface area contributed by atoms with Crippen LogP contribution in [0.3, 0.4) is 0 Å². The minimum absolute atomic E-state index is 0.222. The molecule has 0 nitrogen and oxygen atoms in total. The third-order valence-corrected chi connectivity index (χ3v) is 3.95. The first-order valence-corrected chi connectivity index (χ1v) is 5.78. The summed E-state index contributed by atoms with van der Waals surface area (Å²) in [5.41, 5.74) is 0. The highest BCUT2D eigenvalue weighted by atomic mass is 35.5. The van der Waals surface area contributed by atoms with Crippen molar-refractivity contribution in [1.29, 1.82) is 0 Å². The van der Waals surface area contributed by atoms with Gasteiger partial charge in [0.05, 0.1) is 5.38 Å². The van der Waals surface area contributed by atoms with Gasteiger partial charge in [-0.2, -0.15) is 0 Å². The standard InChI is InChI=1S/C10H15ClS/c1-3-8(4-2)10(11)9-6-5-7-12-9/h5-8,10H,3-4H2,1-2H3. The molecule has 0 N–H and O–H groups in total. The van der Waals surface area contributed by atoms with Gasteiger partial charge in [0.1, 0.15) is 0 Å². The van der Waals surface area contributed by atoms with Gasteiger partial charge in [-0.15, -0.1) is 22.9 Å². The van der Waals surface area contributed by atoms with Gasteiger partial charge >= 0.3 is 0 Å². The maximum Gasteiger partial charge on any atom is 0.0706 e. The average Bonchev–Trinajstić information content (AvgIpc) is 2.58. The summed E-state index contributed by atoms with van der Waals surface area (Å²) in [5.74, 6) is 0.630. The van der Waals surface area contributed by atoms with Gasteiger partial charge in [-0.3, -0.25) is 0 Å². The molecule has 0 aliphatic carbocycles. The van der Waals surface area contributed by atoms with Gasteiger partial charge in [-0.1, -0.05) is 32.8 Å². The first-order chi connectivity index (χ1) is 5.79. The van der Waals surface area contributed by atoms with Crippen LogP contribution in [0.15, 0.2) is 17.5 Å². The van der Waals surface area contributed by atoms with Crippen LogP contribution in [0, 0.1) is 5.92 Å². The molecule has 68 valence electrons. The summed E-state index contributed by atoms with van der Waals surface area (Å²) in [6, 6.07) is 4.19. The summed E-state index contributed by atoms with van der Waals surface area (Å²) >= 11 is 8.08. The van der Waals surface area contributed by atoms with E-state index >= 15 is 0 Å². The zero-order valence-corrected chi connectivity index (χ0v) is 9.16. The molecule has 0 aliphatic heterocycles. The monoisotopic (exact) mass is 202 g/mol. The van der Waals surface area contributed by atoms with Gasteiger partial charge < -0.3 is 0 Å². The highest BCUT2D eigenvalue weighted by Gasteiger charge is 2.17. The Labute approximate surface area is 83.6 Å². The molecule has 1 heterocycles. The number of rotatable bonds is 4. The molecule has 1 aromatic heterocycles. The van der Waals surface area contributed by atoms with Gasteiger partial charge in [0.15, 0.2) is 0 Å². The molecule has 0 fully saturated rings. The van der Waals surface area contributed by atoms with E-state index in [1.165, 1.54) is 17.7 Å². The van der Waals surface area contributed by atoms with Crippen LogP contribution in [0.1, 0.15) is 36.9 Å². The zero-order chi connectivity index (χ0) is 8.97. The summed E-state index contributed by atoms with van der Waals surface area (Å²) in [6.45, 7) is 4.41. The second kappa shape index (κ2) is 4.88. The number of halogens is 1. The van der Waals surface area contributed by atoms with Crippen molar-refractivity contribution in [3.8, 4) is 0 Å². The average molecular weight is 203 g/mol. The van der Waals surface area contributed by atoms with Crippen molar-refractivity contribution in [2.75, 3.05) is 0 Å². The molecule has 0 aromatic carbocycles. The SMILES string of the molecule is CCC(CC)C(Cl)c1cccs1. The van der Waals surface area contributed by atoms with Crippen molar-refractivity contribution in [3.05, 3.63) is 22.4 Å². The zero-order valence-electron chi connectivity index (χ0n) is 7.59. The molecule has 0 aliphatic rings. The molecule has 0 saturated carbocycles. The Hall–Kier alpha value is -0.0100. The highest BCUT2D eigenvalue weighted by molar-refractivity contribution is 7.10. The van der Waals surface area contributed by atoms with Gasteiger partial charge in [0.2, 0.25) is 0 Å². The van der Waals surface area contributed by atoms with Crippen LogP contribution in [-0.2, 0) is 0 Å². The smallest absolute Gasteiger partial charge is 0.0706 e. The van der Waals surface area contributed by atoms with Crippen LogP contribution in [0.25, 0.3) is 0 Å². The predicted octanol–water partition coefficient (Wildman–Crippen LogP) is 4.46. The lowest BCUT2D eigenvalue weighted by molar-refractivity contribution is 0.479. The second-order valence-corrected chi connectivity index (χ2v) is 4.44. The normalized spacial score (nSPS) is 13.7. The van der Waals surface area contributed by atoms with Crippen LogP contribution in [0.4, 0.5) is 0 Å². The van der Waals surface area contributed by atoms with Crippen LogP contribution < -0.4 is 0 Å². The van der Waals surface area contributed by atoms with Gasteiger partial charge in [0, 0.05) is 4.88 Å². The van der Waals surface area contributed by atoms with E-state index in [9.17, 15) is 0 Å². The van der Waals surface area contributed by atoms with E-state index in [-0.39, 0.29) is 5.38 Å². The Morgan fingerprint density at radius 1 is 1.42 bits per heavy atom. The molecule has 1 atom stereocenters. The van der Waals surface area contributed by atoms with Crippen molar-refractivity contribution in [2.45, 2.75) is 32.1 Å². The van der Waals surface area contributed by atoms with E-state index in [2.05, 4.69) is 31.4 Å². The number of hydrogen-bond donors (Lipinski definition) is 0. The lowest BCUT2D eigenvalue weighted by atomic mass is 9.98. The summed E-state index contributed by atoms with van der Waals surface area (Å²) < 4.78 is 0. The minimum Gasteiger partial charge on any atom is -0.147 e. The lowest BCUT2D eigenvalue weighted by Crippen LogP contribution is -2.03. The predicted molar refractivity (Wildman–Crippen MR) is 57.0 cm³/mol. The van der Waals surface area contributed by atoms with E-state index < -0.39 is 0 Å². The van der Waals surface area contributed by atoms with Crippen LogP contribution in [0.2, 0.25) is 0 Å². The van der Waals surface area contributed by atoms with E-state index in [0.717, 1.165) is 0 Å². The summed E-state index contributed by atoms with van der Waals surface area (Å²) in [7, 11) is 0. The molecule has 2 heteroatoms. The molecule has 0 amide bonds. The van der Waals surface area contributed by atoms with Gasteiger partial charge in [-0.25, -0.2) is 0 Å². The Bertz CT molecular complexity index is 202. The topological polar surface area (TPSA) is 0 Å². The Morgan fingerprint density at radius 3 is 2.50 bits per heavy atom. The van der Waals surface area contributed by atoms with Gasteiger partial charge in [0.25, 0.3) is 0 Å². The number of alkyl halides is 1. The third kappa shape index (κ3) is 2.24. The van der Waals surface area contributed by atoms with Crippen LogP contribution >= 0.6 is 22.9 Å². The molecule has 0 bridgehead atoms. The van der Waals surface area contributed by atoms with E-state index in [1.807, 2.05) is 0 Å². The first kappa shape index (κ1) is 10.1. The van der Waals surface area contributed by atoms with E-state index in [1.54, 1.807) is 11.3 Å². The molecule has 1 rings (SSSR count). The number of thiophene rings is 1. The number of hydrogen-bond acceptors (Lipinski definition) is 1. The van der Waals surface area contributed by atoms with Gasteiger partial charge in [-0.05, 0) is 17.4 Å². The van der Waals surface area contributed by atoms with Crippen molar-refractivity contribution in [1.82, 2.24) is 0 Å². The fraction of sp³-hybridized carbons (Fsp3) is 0.600. The Morgan fingerprint density at radius 2 is 2.08 bits per heavy atom. The van der Waals surface area contributed by atoms with E-state index in [4.69, 9.17) is 11.6 Å². The summed E-state index contributed by atoms with van der Waals surface area (Å²) in [6.07, 6.45) is 2.34. The maximum atomic E-state index is 6.32. The van der Waals surface area contributed by atoms with Crippen LogP contribution in [0.5, 0.6) is 0 Å². The molecule has 0 radical (unpaired) electrons. The maximum absolute atomic E-state index is 6.32. The first-order valence-electron chi connectivity index (χ1n) is 4.47. The highest BCUT2D eigenvalue weighted by Crippen LogP contribution is 2.35. The molecular weight excluding hydrogens is 188 g/mol. The summed E-state index contributed by atoms with van der Waals surface area (Å²) in [5, 5.41) is 2.31. The third-order valence-electron chi connectivity index (χ3n) is 2.28. The lowest BCUT2D eigenvalue weighted by Gasteiger charge is -2.17. The minimum atomic E-state index is 0.222. The van der Waals surface area contributed by atoms with Crippen molar-refractivity contribution in [2.24, 2.45) is 5.92 Å². The molecular formula is C10H15ClS. The van der Waals surface area contributed by atoms with Crippen LogP contribution in [-0.4, -0.2) is 0 Å². The fourth-order valence-electron chi connectivity index (χ4n) is 1.38. The molecule has 1 aromatic rings. The van der Waals surface area contributed by atoms with E-state index in [0.29, 0.717) is 5.92 Å². The molecule has 0 saturated heterocycles. The second-order valence-electron chi connectivity index (χ2n) is 2.99. The Balaban J connectivity index is 2.63. The van der Waals surface area contributed by atoms with Crippen molar-refractivity contribution < 1.29 is 0 Å². The largest absolute Gasteiger partial charge is 0.147 e. The molecule has 1 unspecified atom stereocenters. The Kier molecular flexibility index (Phi) is 4.10. The quantitative estimate of drug-likeness (QED) is 0.633. The fourth-order valence-corrected chi connectivity index (χ4v) is 2.76. The summed E-state index contributed by atoms with van der Waals surface area (Å²) in [4.78, 5) is 1.31.